The van der Waals surface area contributed by atoms with Crippen LogP contribution in [0.15, 0.2) is 53.8 Å². The van der Waals surface area contributed by atoms with Crippen LogP contribution in [0.4, 0.5) is 5.82 Å². The number of anilines is 1. The summed E-state index contributed by atoms with van der Waals surface area (Å²) in [6.07, 6.45) is 1.18. The second-order valence-corrected chi connectivity index (χ2v) is 11.8. The summed E-state index contributed by atoms with van der Waals surface area (Å²) in [5, 5.41) is 7.43. The van der Waals surface area contributed by atoms with E-state index in [1.807, 2.05) is 34.9 Å². The molecule has 1 saturated heterocycles. The van der Waals surface area contributed by atoms with E-state index >= 15 is 0 Å². The van der Waals surface area contributed by atoms with Crippen molar-refractivity contribution >= 4 is 36.3 Å². The van der Waals surface area contributed by atoms with Crippen LogP contribution in [0.5, 0.6) is 5.75 Å². The molecule has 0 aliphatic carbocycles. The van der Waals surface area contributed by atoms with E-state index in [4.69, 9.17) is 29.0 Å². The molecule has 2 unspecified atom stereocenters. The maximum absolute atomic E-state index is 14.1. The highest BCUT2D eigenvalue weighted by molar-refractivity contribution is 7.52. The molecule has 2 aromatic carbocycles. The van der Waals surface area contributed by atoms with Gasteiger partial charge in [-0.3, -0.25) is 13.9 Å². The van der Waals surface area contributed by atoms with E-state index in [1.54, 1.807) is 39.2 Å². The van der Waals surface area contributed by atoms with Crippen LogP contribution in [-0.4, -0.2) is 53.4 Å². The van der Waals surface area contributed by atoms with Gasteiger partial charge in [-0.2, -0.15) is 5.09 Å². The minimum Gasteiger partial charge on any atom is -0.462 e. The summed E-state index contributed by atoms with van der Waals surface area (Å²) in [7, 11) is -2.55. The summed E-state index contributed by atoms with van der Waals surface area (Å²) in [4.78, 5) is 21.2. The van der Waals surface area contributed by atoms with E-state index in [0.29, 0.717) is 30.1 Å². The maximum atomic E-state index is 14.1. The summed E-state index contributed by atoms with van der Waals surface area (Å²) in [6, 6.07) is 12.0. The average Bonchev–Trinajstić information content (AvgIpc) is 3.58. The number of hydrogen-bond acceptors (Lipinski definition) is 11. The number of ether oxygens (including phenoxy) is 3. The molecule has 0 radical (unpaired) electrons. The molecule has 5 atom stereocenters. The third kappa shape index (κ3) is 6.55. The normalized spacial score (nSPS) is 22.5. The van der Waals surface area contributed by atoms with Gasteiger partial charge in [0.15, 0.2) is 12.2 Å². The van der Waals surface area contributed by atoms with E-state index < -0.39 is 32.1 Å². The fraction of sp³-hybridized carbons (Fsp3) is 0.444. The van der Waals surface area contributed by atoms with Gasteiger partial charge in [-0.25, -0.2) is 14.5 Å². The van der Waals surface area contributed by atoms with Gasteiger partial charge in [0.2, 0.25) is 0 Å². The molecule has 41 heavy (non-hydrogen) atoms. The summed E-state index contributed by atoms with van der Waals surface area (Å²) < 4.78 is 44.7. The van der Waals surface area contributed by atoms with E-state index in [1.165, 1.54) is 7.11 Å². The van der Waals surface area contributed by atoms with Crippen molar-refractivity contribution in [1.29, 1.82) is 0 Å². The molecule has 0 amide bonds. The molecule has 220 valence electrons. The SMILES string of the molecule is COC1N=C(N)Nc2c1ncn2[C@H]1CC[C@@H](COP(=O)(N[C@@H](C)C(=O)OC(C)C)Oc2cccc3ccccc23)O1. The molecule has 2 aliphatic heterocycles. The van der Waals surface area contributed by atoms with Gasteiger partial charge in [0.1, 0.15) is 29.5 Å². The number of imidazole rings is 1. The standard InChI is InChI=1S/C27H35N6O7P/c1-16(2)38-26(34)17(3)32-41(35,40-21-11-7-9-18-8-5-6-10-20(18)21)37-14-19-12-13-22(39-19)33-15-29-23-24(33)30-27(28)31-25(23)36-4/h5-11,15-17,19,22,25H,12-14H2,1-4H3,(H,32,35)(H3,28,30,31)/t17-,19-,22+,25?,41?/m0/s1. The van der Waals surface area contributed by atoms with E-state index in [-0.39, 0.29) is 24.9 Å². The molecule has 0 saturated carbocycles. The lowest BCUT2D eigenvalue weighted by molar-refractivity contribution is -0.149. The molecular formula is C27H35N6O7P. The third-order valence-electron chi connectivity index (χ3n) is 6.63. The molecule has 14 heteroatoms. The van der Waals surface area contributed by atoms with E-state index in [2.05, 4.69) is 20.4 Å². The number of aromatic nitrogens is 2. The Morgan fingerprint density at radius 2 is 2.00 bits per heavy atom. The summed E-state index contributed by atoms with van der Waals surface area (Å²) in [6.45, 7) is 4.98. The van der Waals surface area contributed by atoms with Gasteiger partial charge in [-0.05, 0) is 45.1 Å². The summed E-state index contributed by atoms with van der Waals surface area (Å²) in [5.74, 6) is 0.639. The van der Waals surface area contributed by atoms with Crippen molar-refractivity contribution in [2.24, 2.45) is 10.7 Å². The highest BCUT2D eigenvalue weighted by Gasteiger charge is 2.37. The number of nitrogens with two attached hydrogens (primary N) is 1. The summed E-state index contributed by atoms with van der Waals surface area (Å²) in [5.41, 5.74) is 6.52. The van der Waals surface area contributed by atoms with Gasteiger partial charge in [0, 0.05) is 12.5 Å². The second kappa shape index (κ2) is 12.2. The Balaban J connectivity index is 1.31. The highest BCUT2D eigenvalue weighted by Crippen LogP contribution is 2.48. The van der Waals surface area contributed by atoms with Crippen LogP contribution in [0, 0.1) is 0 Å². The van der Waals surface area contributed by atoms with Crippen LogP contribution >= 0.6 is 7.75 Å². The number of carbonyl (C=O) groups is 1. The molecule has 0 bridgehead atoms. The topological polar surface area (TPSA) is 161 Å². The Morgan fingerprint density at radius 3 is 2.78 bits per heavy atom. The van der Waals surface area contributed by atoms with Crippen LogP contribution < -0.4 is 20.7 Å². The van der Waals surface area contributed by atoms with Gasteiger partial charge in [0.05, 0.1) is 25.1 Å². The van der Waals surface area contributed by atoms with Crippen molar-refractivity contribution in [2.75, 3.05) is 19.0 Å². The second-order valence-electron chi connectivity index (χ2n) is 10.1. The van der Waals surface area contributed by atoms with Gasteiger partial charge in [-0.1, -0.05) is 36.4 Å². The predicted molar refractivity (Wildman–Crippen MR) is 152 cm³/mol. The number of nitrogens with zero attached hydrogens (tertiary/aromatic N) is 3. The maximum Gasteiger partial charge on any atom is 0.459 e. The molecule has 3 aromatic rings. The zero-order chi connectivity index (χ0) is 29.1. The highest BCUT2D eigenvalue weighted by atomic mass is 31.2. The fourth-order valence-electron chi connectivity index (χ4n) is 4.72. The van der Waals surface area contributed by atoms with Crippen molar-refractivity contribution in [2.45, 2.75) is 64.3 Å². The average molecular weight is 587 g/mol. The van der Waals surface area contributed by atoms with Crippen molar-refractivity contribution in [3.05, 3.63) is 54.5 Å². The number of nitrogens with one attached hydrogen (secondary N) is 2. The molecular weight excluding hydrogens is 551 g/mol. The van der Waals surface area contributed by atoms with Crippen LogP contribution in [0.25, 0.3) is 10.8 Å². The molecule has 13 nitrogen and oxygen atoms in total. The van der Waals surface area contributed by atoms with Gasteiger partial charge in [-0.15, -0.1) is 0 Å². The first-order chi connectivity index (χ1) is 19.7. The lowest BCUT2D eigenvalue weighted by atomic mass is 10.1. The lowest BCUT2D eigenvalue weighted by Crippen LogP contribution is -2.36. The van der Waals surface area contributed by atoms with Crippen molar-refractivity contribution in [3.63, 3.8) is 0 Å². The number of aliphatic imine (C=N–C) groups is 1. The van der Waals surface area contributed by atoms with Crippen molar-refractivity contribution in [1.82, 2.24) is 14.6 Å². The first-order valence-electron chi connectivity index (χ1n) is 13.4. The zero-order valence-corrected chi connectivity index (χ0v) is 24.2. The number of carbonyl (C=O) groups excluding carboxylic acids is 1. The molecule has 1 fully saturated rings. The Labute approximate surface area is 237 Å². The van der Waals surface area contributed by atoms with Gasteiger partial charge >= 0.3 is 13.7 Å². The smallest absolute Gasteiger partial charge is 0.459 e. The zero-order valence-electron chi connectivity index (χ0n) is 23.4. The Hall–Kier alpha value is -3.48. The minimum atomic E-state index is -4.08. The third-order valence-corrected chi connectivity index (χ3v) is 8.26. The van der Waals surface area contributed by atoms with Crippen LogP contribution in [0.2, 0.25) is 0 Å². The Kier molecular flexibility index (Phi) is 8.62. The Morgan fingerprint density at radius 1 is 1.22 bits per heavy atom. The Bertz CT molecular complexity index is 1470. The van der Waals surface area contributed by atoms with E-state index in [9.17, 15) is 9.36 Å². The van der Waals surface area contributed by atoms with Crippen LogP contribution in [0.3, 0.4) is 0 Å². The quantitative estimate of drug-likeness (QED) is 0.218. The number of guanidine groups is 1. The molecule has 2 aliphatic rings. The van der Waals surface area contributed by atoms with Gasteiger partial charge < -0.3 is 29.8 Å². The number of rotatable bonds is 11. The van der Waals surface area contributed by atoms with Crippen LogP contribution in [-0.2, 0) is 28.1 Å². The molecule has 1 aromatic heterocycles. The number of fused-ring (bicyclic) bond motifs is 2. The molecule has 5 rings (SSSR count). The number of hydrogen-bond donors (Lipinski definition) is 3. The monoisotopic (exact) mass is 586 g/mol. The van der Waals surface area contributed by atoms with Gasteiger partial charge in [0.25, 0.3) is 0 Å². The largest absolute Gasteiger partial charge is 0.462 e. The first-order valence-corrected chi connectivity index (χ1v) is 15.0. The minimum absolute atomic E-state index is 0.0495. The van der Waals surface area contributed by atoms with Crippen molar-refractivity contribution in [3.8, 4) is 5.75 Å². The van der Waals surface area contributed by atoms with E-state index in [0.717, 1.165) is 10.8 Å². The van der Waals surface area contributed by atoms with Crippen molar-refractivity contribution < 1.29 is 32.6 Å². The lowest BCUT2D eigenvalue weighted by Gasteiger charge is -2.25. The molecule has 4 N–H and O–H groups in total. The first kappa shape index (κ1) is 29.0. The number of benzene rings is 2. The fourth-order valence-corrected chi connectivity index (χ4v) is 6.26. The molecule has 3 heterocycles. The number of methoxy groups -OCH3 is 1. The predicted octanol–water partition coefficient (Wildman–Crippen LogP) is 4.23. The summed E-state index contributed by atoms with van der Waals surface area (Å²) >= 11 is 0. The van der Waals surface area contributed by atoms with Crippen LogP contribution in [0.1, 0.15) is 51.8 Å². The number of esters is 1. The molecule has 0 spiro atoms.